The number of carbonyl (C=O) groups excluding carboxylic acids is 1. The molecule has 5 aliphatic rings. The van der Waals surface area contributed by atoms with Crippen LogP contribution in [0.5, 0.6) is 28.7 Å². The van der Waals surface area contributed by atoms with E-state index in [2.05, 4.69) is 0 Å². The first-order chi connectivity index (χ1) is 26.4. The zero-order valence-electron chi connectivity index (χ0n) is 29.6. The largest absolute Gasteiger partial charge is 0.493 e. The van der Waals surface area contributed by atoms with Crippen LogP contribution in [0.25, 0.3) is 5.57 Å². The van der Waals surface area contributed by atoms with Crippen molar-refractivity contribution in [2.45, 2.75) is 73.8 Å². The molecule has 5 aliphatic heterocycles. The molecule has 55 heavy (non-hydrogen) atoms. The van der Waals surface area contributed by atoms with Crippen molar-refractivity contribution in [1.29, 1.82) is 0 Å². The Balaban J connectivity index is 1.24. The standard InChI is InChI=1S/C38H41N3O14/c1-49-22-7-6-17-20-15-51-24-12-23-18(8-9-38(48)35(47)29(46)33(55-37(38)52-23)34(36(39)40)53-26(45)13-25(43)44)27(19-14-41-21-5-3-2-4-16(19)21)28(24)30(20)54-31(17)32(22)50-11-10-42/h2-7,12,20,29-30,33-37,42,46-48H,8-11,13-15,39-40H2,1H3,(H,43,44). The maximum atomic E-state index is 12.3. The van der Waals surface area contributed by atoms with Gasteiger partial charge in [0.1, 0.15) is 48.9 Å². The van der Waals surface area contributed by atoms with E-state index in [1.54, 1.807) is 12.1 Å². The van der Waals surface area contributed by atoms with E-state index in [0.29, 0.717) is 46.2 Å². The Morgan fingerprint density at radius 1 is 1.11 bits per heavy atom. The summed E-state index contributed by atoms with van der Waals surface area (Å²) >= 11 is 0. The molecular formula is C38H41N3O14. The number of nitrogens with zero attached hydrogens (tertiary/aromatic N) is 1. The molecular weight excluding hydrogens is 722 g/mol. The van der Waals surface area contributed by atoms with E-state index in [1.807, 2.05) is 30.3 Å². The van der Waals surface area contributed by atoms with Crippen LogP contribution in [0, 0.1) is 0 Å². The Morgan fingerprint density at radius 2 is 1.91 bits per heavy atom. The first-order valence-corrected chi connectivity index (χ1v) is 17.8. The summed E-state index contributed by atoms with van der Waals surface area (Å²) in [5, 5.41) is 55.2. The van der Waals surface area contributed by atoms with E-state index in [1.165, 1.54) is 7.11 Å². The normalized spacial score (nSPS) is 27.6. The zero-order valence-corrected chi connectivity index (χ0v) is 29.6. The fourth-order valence-corrected chi connectivity index (χ4v) is 8.28. The lowest BCUT2D eigenvalue weighted by atomic mass is 9.79. The molecule has 9 N–H and O–H groups in total. The van der Waals surface area contributed by atoms with Gasteiger partial charge in [0, 0.05) is 28.0 Å². The lowest BCUT2D eigenvalue weighted by molar-refractivity contribution is -0.329. The minimum atomic E-state index is -2.21. The van der Waals surface area contributed by atoms with Gasteiger partial charge in [-0.25, -0.2) is 0 Å². The number of carbonyl (C=O) groups is 2. The number of hydrogen-bond donors (Lipinski definition) is 7. The number of nitrogens with two attached hydrogens (primary N) is 2. The Hall–Kier alpha value is -5.01. The number of aliphatic hydroxyl groups excluding tert-OH is 3. The monoisotopic (exact) mass is 763 g/mol. The van der Waals surface area contributed by atoms with E-state index >= 15 is 0 Å². The molecule has 8 atom stereocenters. The van der Waals surface area contributed by atoms with Gasteiger partial charge >= 0.3 is 11.9 Å². The number of benzene rings is 3. The van der Waals surface area contributed by atoms with Gasteiger partial charge in [-0.15, -0.1) is 0 Å². The molecule has 0 amide bonds. The highest BCUT2D eigenvalue weighted by Crippen LogP contribution is 2.59. The van der Waals surface area contributed by atoms with Crippen molar-refractivity contribution in [2.24, 2.45) is 16.5 Å². The van der Waals surface area contributed by atoms with E-state index < -0.39 is 66.9 Å². The Labute approximate surface area is 313 Å². The molecule has 8 rings (SSSR count). The highest BCUT2D eigenvalue weighted by molar-refractivity contribution is 5.90. The number of carboxylic acids is 1. The van der Waals surface area contributed by atoms with Gasteiger partial charge < -0.3 is 70.2 Å². The molecule has 3 aromatic carbocycles. The van der Waals surface area contributed by atoms with E-state index in [4.69, 9.17) is 54.7 Å². The number of aliphatic hydroxyl groups is 4. The van der Waals surface area contributed by atoms with Gasteiger partial charge in [0.05, 0.1) is 44.3 Å². The van der Waals surface area contributed by atoms with E-state index in [0.717, 1.165) is 21.7 Å². The van der Waals surface area contributed by atoms with Crippen molar-refractivity contribution in [3.05, 3.63) is 75.3 Å². The minimum absolute atomic E-state index is 0.0151. The molecule has 0 radical (unpaired) electrons. The molecule has 17 heteroatoms. The summed E-state index contributed by atoms with van der Waals surface area (Å²) in [4.78, 5) is 28.3. The molecule has 0 aliphatic carbocycles. The molecule has 0 bridgehead atoms. The van der Waals surface area contributed by atoms with Crippen molar-refractivity contribution < 1.29 is 68.3 Å². The maximum Gasteiger partial charge on any atom is 0.317 e. The average molecular weight is 764 g/mol. The van der Waals surface area contributed by atoms with Gasteiger partial charge in [0.15, 0.2) is 23.2 Å². The lowest BCUT2D eigenvalue weighted by Crippen LogP contribution is -2.71. The summed E-state index contributed by atoms with van der Waals surface area (Å²) in [5.41, 5.74) is 13.3. The van der Waals surface area contributed by atoms with Crippen LogP contribution in [0.15, 0.2) is 47.5 Å². The molecule has 0 aromatic heterocycles. The molecule has 1 fully saturated rings. The number of fused-ring (bicyclic) bond motifs is 8. The lowest BCUT2D eigenvalue weighted by Gasteiger charge is -2.48. The van der Waals surface area contributed by atoms with Crippen LogP contribution >= 0.6 is 0 Å². The summed E-state index contributed by atoms with van der Waals surface area (Å²) in [5.74, 6) is -1.03. The highest BCUT2D eigenvalue weighted by Gasteiger charge is 2.60. The average Bonchev–Trinajstić information content (AvgIpc) is 3.73. The van der Waals surface area contributed by atoms with Gasteiger partial charge in [-0.1, -0.05) is 24.3 Å². The van der Waals surface area contributed by atoms with E-state index in [-0.39, 0.29) is 44.3 Å². The number of para-hydroxylation sites is 1. The van der Waals surface area contributed by atoms with Crippen LogP contribution in [0.1, 0.15) is 47.1 Å². The molecule has 0 saturated carbocycles. The quantitative estimate of drug-likeness (QED) is 0.0714. The van der Waals surface area contributed by atoms with Gasteiger partial charge in [-0.3, -0.25) is 14.6 Å². The summed E-state index contributed by atoms with van der Waals surface area (Å²) in [6.07, 6.45) is -11.9. The molecule has 1 saturated heterocycles. The fraction of sp³-hybridized carbons (Fsp3) is 0.447. The molecule has 5 heterocycles. The Bertz CT molecular complexity index is 2160. The topological polar surface area (TPSA) is 264 Å². The number of esters is 1. The first kappa shape index (κ1) is 36.9. The number of hydrogen-bond acceptors (Lipinski definition) is 16. The van der Waals surface area contributed by atoms with Crippen LogP contribution in [-0.2, 0) is 25.5 Å². The number of methoxy groups -OCH3 is 1. The second-order valence-corrected chi connectivity index (χ2v) is 14.1. The maximum absolute atomic E-state index is 12.3. The Kier molecular flexibility index (Phi) is 9.57. The van der Waals surface area contributed by atoms with Crippen molar-refractivity contribution in [3.63, 3.8) is 0 Å². The number of carboxylic acid groups (broad SMARTS) is 1. The van der Waals surface area contributed by atoms with Crippen LogP contribution < -0.4 is 45.7 Å². The minimum Gasteiger partial charge on any atom is -0.493 e. The van der Waals surface area contributed by atoms with Crippen molar-refractivity contribution in [1.82, 2.24) is 0 Å². The molecule has 8 unspecified atom stereocenters. The number of rotatable bonds is 10. The molecule has 0 spiro atoms. The van der Waals surface area contributed by atoms with Crippen LogP contribution in [-0.4, -0.2) is 113 Å². The molecule has 292 valence electrons. The second kappa shape index (κ2) is 14.2. The van der Waals surface area contributed by atoms with E-state index in [9.17, 15) is 30.0 Å². The fourth-order valence-electron chi connectivity index (χ4n) is 8.28. The predicted molar refractivity (Wildman–Crippen MR) is 187 cm³/mol. The highest BCUT2D eigenvalue weighted by atomic mass is 16.7. The SMILES string of the molecule is COc1ccc2c(c1OCCO)OC1c3c(cc4c(c3C3=c5ccccc5=NC3)CCC3(O)C(O4)OC(C(OC(=O)CC(=O)O)C(N)N)C(O)C3O)OCC21. The van der Waals surface area contributed by atoms with Gasteiger partial charge in [-0.05, 0) is 36.1 Å². The van der Waals surface area contributed by atoms with Crippen molar-refractivity contribution >= 4 is 17.5 Å². The van der Waals surface area contributed by atoms with Gasteiger partial charge in [0.2, 0.25) is 12.0 Å². The first-order valence-electron chi connectivity index (χ1n) is 17.8. The third kappa shape index (κ3) is 6.12. The predicted octanol–water partition coefficient (Wildman–Crippen LogP) is -1.36. The molecule has 17 nitrogen and oxygen atoms in total. The van der Waals surface area contributed by atoms with Crippen LogP contribution in [0.4, 0.5) is 0 Å². The smallest absolute Gasteiger partial charge is 0.317 e. The third-order valence-electron chi connectivity index (χ3n) is 10.8. The summed E-state index contributed by atoms with van der Waals surface area (Å²) in [6.45, 7) is 0.305. The van der Waals surface area contributed by atoms with Crippen molar-refractivity contribution in [2.75, 3.05) is 33.5 Å². The van der Waals surface area contributed by atoms with Crippen molar-refractivity contribution in [3.8, 4) is 28.7 Å². The van der Waals surface area contributed by atoms with Gasteiger partial charge in [0.25, 0.3) is 0 Å². The second-order valence-electron chi connectivity index (χ2n) is 14.1. The summed E-state index contributed by atoms with van der Waals surface area (Å²) in [7, 11) is 1.52. The zero-order chi connectivity index (χ0) is 38.8. The summed E-state index contributed by atoms with van der Waals surface area (Å²) < 4.78 is 42.5. The summed E-state index contributed by atoms with van der Waals surface area (Å²) in [6, 6.07) is 13.0. The number of ether oxygens (including phenoxy) is 7. The van der Waals surface area contributed by atoms with Crippen LogP contribution in [0.3, 0.4) is 0 Å². The Morgan fingerprint density at radius 3 is 2.65 bits per heavy atom. The molecule has 3 aromatic rings. The van der Waals surface area contributed by atoms with Gasteiger partial charge in [-0.2, -0.15) is 0 Å². The third-order valence-corrected chi connectivity index (χ3v) is 10.8. The number of aliphatic carboxylic acids is 1. The van der Waals surface area contributed by atoms with Crippen LogP contribution in [0.2, 0.25) is 0 Å².